The first-order valence-electron chi connectivity index (χ1n) is 5.99. The molecule has 0 aromatic heterocycles. The molecule has 2 aliphatic rings. The first-order valence-corrected chi connectivity index (χ1v) is 7.15. The predicted octanol–water partition coefficient (Wildman–Crippen LogP) is 2.91. The Morgan fingerprint density at radius 2 is 1.86 bits per heavy atom. The molecule has 1 aliphatic heterocycles. The molecule has 0 aromatic carbocycles. The Morgan fingerprint density at radius 1 is 1.21 bits per heavy atom. The van der Waals surface area contributed by atoms with Crippen LogP contribution in [0.3, 0.4) is 0 Å². The summed E-state index contributed by atoms with van der Waals surface area (Å²) in [5.74, 6) is 3.64. The molecule has 1 N–H and O–H groups in total. The van der Waals surface area contributed by atoms with Gasteiger partial charge in [0.25, 0.3) is 0 Å². The minimum absolute atomic E-state index is 0.525. The van der Waals surface area contributed by atoms with Crippen molar-refractivity contribution in [1.29, 1.82) is 0 Å². The molecule has 2 rings (SSSR count). The second-order valence-electron chi connectivity index (χ2n) is 5.59. The van der Waals surface area contributed by atoms with Gasteiger partial charge >= 0.3 is 0 Å². The van der Waals surface area contributed by atoms with E-state index in [-0.39, 0.29) is 0 Å². The van der Waals surface area contributed by atoms with Crippen LogP contribution in [0.2, 0.25) is 0 Å². The Morgan fingerprint density at radius 3 is 2.36 bits per heavy atom. The number of hydrogen-bond acceptors (Lipinski definition) is 2. The summed E-state index contributed by atoms with van der Waals surface area (Å²) in [6, 6.07) is 0.820. The van der Waals surface area contributed by atoms with Gasteiger partial charge in [0, 0.05) is 24.1 Å². The SMILES string of the molecule is CC(C)(CNC1CSC1)C1CCCC1. The average Bonchev–Trinajstić information content (AvgIpc) is 2.52. The molecule has 1 nitrogen and oxygen atoms in total. The van der Waals surface area contributed by atoms with Crippen molar-refractivity contribution in [2.45, 2.75) is 45.6 Å². The highest BCUT2D eigenvalue weighted by Crippen LogP contribution is 2.39. The van der Waals surface area contributed by atoms with Crippen LogP contribution in [0.25, 0.3) is 0 Å². The van der Waals surface area contributed by atoms with Crippen molar-refractivity contribution < 1.29 is 0 Å². The van der Waals surface area contributed by atoms with Gasteiger partial charge in [-0.15, -0.1) is 0 Å². The predicted molar refractivity (Wildman–Crippen MR) is 64.9 cm³/mol. The number of thioether (sulfide) groups is 1. The van der Waals surface area contributed by atoms with E-state index in [0.29, 0.717) is 5.41 Å². The van der Waals surface area contributed by atoms with Gasteiger partial charge < -0.3 is 5.32 Å². The summed E-state index contributed by atoms with van der Waals surface area (Å²) in [6.45, 7) is 6.12. The maximum absolute atomic E-state index is 3.72. The fourth-order valence-electron chi connectivity index (χ4n) is 2.61. The number of hydrogen-bond donors (Lipinski definition) is 1. The standard InChI is InChI=1S/C12H23NS/c1-12(2,10-5-3-4-6-10)9-13-11-7-14-8-11/h10-11,13H,3-9H2,1-2H3. The molecule has 14 heavy (non-hydrogen) atoms. The molecule has 0 radical (unpaired) electrons. The van der Waals surface area contributed by atoms with Crippen molar-refractivity contribution in [2.75, 3.05) is 18.1 Å². The molecule has 0 aromatic rings. The number of nitrogens with one attached hydrogen (secondary N) is 1. The zero-order valence-corrected chi connectivity index (χ0v) is 10.3. The van der Waals surface area contributed by atoms with Crippen molar-refractivity contribution in [1.82, 2.24) is 5.32 Å². The van der Waals surface area contributed by atoms with E-state index in [0.717, 1.165) is 12.0 Å². The van der Waals surface area contributed by atoms with Gasteiger partial charge in [0.2, 0.25) is 0 Å². The Bertz CT molecular complexity index is 181. The maximum Gasteiger partial charge on any atom is 0.0249 e. The highest BCUT2D eigenvalue weighted by atomic mass is 32.2. The molecule has 1 aliphatic carbocycles. The molecular weight excluding hydrogens is 190 g/mol. The van der Waals surface area contributed by atoms with Gasteiger partial charge in [-0.1, -0.05) is 26.7 Å². The summed E-state index contributed by atoms with van der Waals surface area (Å²) >= 11 is 2.07. The highest BCUT2D eigenvalue weighted by molar-refractivity contribution is 8.00. The Labute approximate surface area is 92.4 Å². The topological polar surface area (TPSA) is 12.0 Å². The average molecular weight is 213 g/mol. The van der Waals surface area contributed by atoms with Crippen LogP contribution < -0.4 is 5.32 Å². The molecular formula is C12H23NS. The van der Waals surface area contributed by atoms with Gasteiger partial charge in [-0.3, -0.25) is 0 Å². The molecule has 0 atom stereocenters. The Kier molecular flexibility index (Phi) is 3.43. The Hall–Kier alpha value is 0.310. The van der Waals surface area contributed by atoms with Crippen molar-refractivity contribution >= 4 is 11.8 Å². The smallest absolute Gasteiger partial charge is 0.0249 e. The minimum atomic E-state index is 0.525. The van der Waals surface area contributed by atoms with Gasteiger partial charge in [-0.2, -0.15) is 11.8 Å². The van der Waals surface area contributed by atoms with E-state index < -0.39 is 0 Å². The Balaban J connectivity index is 1.75. The molecule has 0 unspecified atom stereocenters. The van der Waals surface area contributed by atoms with Crippen molar-refractivity contribution in [3.63, 3.8) is 0 Å². The van der Waals surface area contributed by atoms with Crippen molar-refractivity contribution in [2.24, 2.45) is 11.3 Å². The third-order valence-corrected chi connectivity index (χ3v) is 5.22. The third-order valence-electron chi connectivity index (χ3n) is 3.94. The quantitative estimate of drug-likeness (QED) is 0.770. The van der Waals surface area contributed by atoms with Gasteiger partial charge in [0.1, 0.15) is 0 Å². The second-order valence-corrected chi connectivity index (χ2v) is 6.66. The van der Waals surface area contributed by atoms with E-state index in [1.54, 1.807) is 0 Å². The van der Waals surface area contributed by atoms with Crippen LogP contribution in [-0.2, 0) is 0 Å². The van der Waals surface area contributed by atoms with E-state index in [1.165, 1.54) is 43.7 Å². The molecule has 2 fully saturated rings. The number of rotatable bonds is 4. The van der Waals surface area contributed by atoms with E-state index in [4.69, 9.17) is 0 Å². The van der Waals surface area contributed by atoms with Gasteiger partial charge in [0.05, 0.1) is 0 Å². The van der Waals surface area contributed by atoms with E-state index in [9.17, 15) is 0 Å². The molecule has 0 amide bonds. The van der Waals surface area contributed by atoms with Crippen LogP contribution in [0.1, 0.15) is 39.5 Å². The fraction of sp³-hybridized carbons (Fsp3) is 1.00. The fourth-order valence-corrected chi connectivity index (χ4v) is 3.32. The van der Waals surface area contributed by atoms with Crippen LogP contribution in [0, 0.1) is 11.3 Å². The molecule has 1 heterocycles. The first kappa shape index (κ1) is 10.8. The maximum atomic E-state index is 3.72. The van der Waals surface area contributed by atoms with Crippen molar-refractivity contribution in [3.8, 4) is 0 Å². The first-order chi connectivity index (χ1) is 6.68. The van der Waals surface area contributed by atoms with E-state index in [2.05, 4.69) is 30.9 Å². The summed E-state index contributed by atoms with van der Waals surface area (Å²) in [5, 5.41) is 3.72. The summed E-state index contributed by atoms with van der Waals surface area (Å²) in [6.07, 6.45) is 5.86. The molecule has 0 bridgehead atoms. The lowest BCUT2D eigenvalue weighted by atomic mass is 9.77. The largest absolute Gasteiger partial charge is 0.312 e. The van der Waals surface area contributed by atoms with Gasteiger partial charge in [-0.05, 0) is 24.2 Å². The third kappa shape index (κ3) is 2.46. The molecule has 2 heteroatoms. The van der Waals surface area contributed by atoms with Crippen molar-refractivity contribution in [3.05, 3.63) is 0 Å². The lowest BCUT2D eigenvalue weighted by molar-refractivity contribution is 0.203. The summed E-state index contributed by atoms with van der Waals surface area (Å²) < 4.78 is 0. The minimum Gasteiger partial charge on any atom is -0.312 e. The zero-order chi connectivity index (χ0) is 10.0. The molecule has 1 saturated carbocycles. The lowest BCUT2D eigenvalue weighted by Crippen LogP contribution is -2.46. The van der Waals surface area contributed by atoms with Gasteiger partial charge in [-0.25, -0.2) is 0 Å². The van der Waals surface area contributed by atoms with Crippen LogP contribution >= 0.6 is 11.8 Å². The summed E-state index contributed by atoms with van der Waals surface area (Å²) in [4.78, 5) is 0. The normalized spacial score (nSPS) is 25.3. The molecule has 82 valence electrons. The monoisotopic (exact) mass is 213 g/mol. The van der Waals surface area contributed by atoms with Crippen LogP contribution in [0.5, 0.6) is 0 Å². The summed E-state index contributed by atoms with van der Waals surface area (Å²) in [7, 11) is 0. The molecule has 0 spiro atoms. The van der Waals surface area contributed by atoms with E-state index >= 15 is 0 Å². The van der Waals surface area contributed by atoms with Gasteiger partial charge in [0.15, 0.2) is 0 Å². The highest BCUT2D eigenvalue weighted by Gasteiger charge is 2.32. The van der Waals surface area contributed by atoms with Crippen LogP contribution in [-0.4, -0.2) is 24.1 Å². The lowest BCUT2D eigenvalue weighted by Gasteiger charge is -2.36. The van der Waals surface area contributed by atoms with E-state index in [1.807, 2.05) is 0 Å². The van der Waals surface area contributed by atoms with Crippen LogP contribution in [0.4, 0.5) is 0 Å². The zero-order valence-electron chi connectivity index (χ0n) is 9.51. The second kappa shape index (κ2) is 4.44. The molecule has 1 saturated heterocycles. The summed E-state index contributed by atoms with van der Waals surface area (Å²) in [5.41, 5.74) is 0.525. The van der Waals surface area contributed by atoms with Crippen LogP contribution in [0.15, 0.2) is 0 Å².